The molecule has 2 aliphatic rings. The topological polar surface area (TPSA) is 38.7 Å². The van der Waals surface area contributed by atoms with Crippen LogP contribution in [-0.2, 0) is 0 Å². The number of furan rings is 1. The van der Waals surface area contributed by atoms with Crippen molar-refractivity contribution in [1.82, 2.24) is 9.13 Å². The molecule has 78 heavy (non-hydrogen) atoms. The summed E-state index contributed by atoms with van der Waals surface area (Å²) in [5.41, 5.74) is 18.4. The molecular weight excluding hydrogens is 953 g/mol. The second-order valence-electron chi connectivity index (χ2n) is 20.4. The molecule has 0 saturated carbocycles. The fourth-order valence-corrected chi connectivity index (χ4v) is 12.6. The minimum Gasteiger partial charge on any atom is -0.484 e. The highest BCUT2D eigenvalue weighted by atomic mass is 16.5. The molecule has 0 N–H and O–H groups in total. The Balaban J connectivity index is 0.770. The highest BCUT2D eigenvalue weighted by molar-refractivity contribution is 6.14. The fourth-order valence-electron chi connectivity index (χ4n) is 12.6. The van der Waals surface area contributed by atoms with E-state index in [0.29, 0.717) is 0 Å². The van der Waals surface area contributed by atoms with Gasteiger partial charge in [0.1, 0.15) is 23.0 Å². The van der Waals surface area contributed by atoms with Gasteiger partial charge >= 0.3 is 0 Å². The lowest BCUT2D eigenvalue weighted by atomic mass is 9.89. The summed E-state index contributed by atoms with van der Waals surface area (Å²) in [6.45, 7) is 0. The number of para-hydroxylation sites is 8. The first-order valence-corrected chi connectivity index (χ1v) is 26.7. The number of benzene rings is 11. The van der Waals surface area contributed by atoms with E-state index in [9.17, 15) is 0 Å². The number of ether oxygens (including phenoxy) is 1. The van der Waals surface area contributed by atoms with Gasteiger partial charge in [0.25, 0.3) is 0 Å². The summed E-state index contributed by atoms with van der Waals surface area (Å²) >= 11 is 0. The molecule has 16 rings (SSSR count). The zero-order valence-electron chi connectivity index (χ0n) is 42.3. The van der Waals surface area contributed by atoms with Crippen molar-refractivity contribution in [3.05, 3.63) is 285 Å². The highest BCUT2D eigenvalue weighted by Crippen LogP contribution is 2.51. The second kappa shape index (κ2) is 17.7. The van der Waals surface area contributed by atoms with Crippen LogP contribution in [0.2, 0.25) is 0 Å². The molecule has 2 atom stereocenters. The van der Waals surface area contributed by atoms with Gasteiger partial charge in [-0.2, -0.15) is 0 Å². The number of allylic oxidation sites excluding steroid dienone is 2. The summed E-state index contributed by atoms with van der Waals surface area (Å²) in [6, 6.07) is 93.3. The molecule has 0 saturated heterocycles. The van der Waals surface area contributed by atoms with E-state index in [4.69, 9.17) is 9.15 Å². The van der Waals surface area contributed by atoms with Crippen LogP contribution in [0.3, 0.4) is 0 Å². The minimum atomic E-state index is -0.144. The lowest BCUT2D eigenvalue weighted by Gasteiger charge is -2.25. The first-order chi connectivity index (χ1) is 38.7. The summed E-state index contributed by atoms with van der Waals surface area (Å²) in [4.78, 5) is 4.66. The maximum Gasteiger partial charge on any atom is 0.143 e. The van der Waals surface area contributed by atoms with Crippen LogP contribution in [0, 0.1) is 0 Å². The first kappa shape index (κ1) is 44.0. The molecule has 6 nitrogen and oxygen atoms in total. The molecule has 3 aromatic heterocycles. The third-order valence-electron chi connectivity index (χ3n) is 16.0. The van der Waals surface area contributed by atoms with E-state index >= 15 is 0 Å². The van der Waals surface area contributed by atoms with Gasteiger partial charge in [0, 0.05) is 100 Å². The van der Waals surface area contributed by atoms with Crippen molar-refractivity contribution in [3.8, 4) is 22.6 Å². The van der Waals surface area contributed by atoms with E-state index < -0.39 is 0 Å². The number of fused-ring (bicyclic) bond motifs is 12. The molecule has 11 aromatic carbocycles. The lowest BCUT2D eigenvalue weighted by Crippen LogP contribution is -2.18. The van der Waals surface area contributed by atoms with Crippen molar-refractivity contribution in [2.45, 2.75) is 12.0 Å². The van der Waals surface area contributed by atoms with Crippen molar-refractivity contribution in [2.24, 2.45) is 0 Å². The molecule has 14 aromatic rings. The van der Waals surface area contributed by atoms with E-state index in [-0.39, 0.29) is 12.0 Å². The van der Waals surface area contributed by atoms with Crippen LogP contribution in [0.15, 0.2) is 283 Å². The third-order valence-corrected chi connectivity index (χ3v) is 16.0. The number of hydrogen-bond donors (Lipinski definition) is 0. The Bertz CT molecular complexity index is 4650. The van der Waals surface area contributed by atoms with Crippen LogP contribution in [-0.4, -0.2) is 15.2 Å². The standard InChI is InChI=1S/C72H48N4O2/c1-5-19-47(20-6-1)73(48-21-7-2-8-22-48)51-35-39-67-61(43-51)55-27-13-15-33-65(55)75(67)53-37-41-69-63(45-53)59-31-17-29-57(71(59)77-69)58-30-18-32-60-64-46-54(38-42-70(64)78-72(58)60)76-66-34-16-14-28-56(66)62-44-52(36-40-68(62)76)74(49-23-9-3-10-24-49)50-25-11-4-12-26-50/h1-46,63,69H. The largest absolute Gasteiger partial charge is 0.484 e. The lowest BCUT2D eigenvalue weighted by molar-refractivity contribution is 0.270. The highest BCUT2D eigenvalue weighted by Gasteiger charge is 2.36. The molecule has 1 aliphatic carbocycles. The summed E-state index contributed by atoms with van der Waals surface area (Å²) in [5, 5.41) is 6.93. The van der Waals surface area contributed by atoms with E-state index in [1.807, 2.05) is 0 Å². The van der Waals surface area contributed by atoms with Crippen LogP contribution in [0.4, 0.5) is 34.1 Å². The van der Waals surface area contributed by atoms with Crippen LogP contribution in [0.5, 0.6) is 5.75 Å². The van der Waals surface area contributed by atoms with Gasteiger partial charge in [-0.15, -0.1) is 0 Å². The molecule has 2 unspecified atom stereocenters. The maximum absolute atomic E-state index is 7.02. The van der Waals surface area contributed by atoms with Crippen molar-refractivity contribution in [3.63, 3.8) is 0 Å². The quantitative estimate of drug-likeness (QED) is 0.144. The Morgan fingerprint density at radius 2 is 0.859 bits per heavy atom. The van der Waals surface area contributed by atoms with Gasteiger partial charge in [-0.3, -0.25) is 0 Å². The van der Waals surface area contributed by atoms with E-state index in [2.05, 4.69) is 298 Å². The maximum atomic E-state index is 7.02. The molecule has 0 bridgehead atoms. The van der Waals surface area contributed by atoms with E-state index in [1.165, 1.54) is 32.6 Å². The van der Waals surface area contributed by atoms with Crippen LogP contribution in [0.1, 0.15) is 11.5 Å². The average Bonchev–Trinajstić information content (AvgIpc) is 4.36. The molecule has 0 spiro atoms. The Morgan fingerprint density at radius 1 is 0.359 bits per heavy atom. The van der Waals surface area contributed by atoms with Gasteiger partial charge < -0.3 is 28.1 Å². The minimum absolute atomic E-state index is 0.0153. The van der Waals surface area contributed by atoms with Crippen molar-refractivity contribution in [1.29, 1.82) is 0 Å². The molecule has 368 valence electrons. The van der Waals surface area contributed by atoms with E-state index in [1.54, 1.807) is 0 Å². The number of rotatable bonds is 9. The zero-order chi connectivity index (χ0) is 51.3. The molecule has 0 fully saturated rings. The van der Waals surface area contributed by atoms with Crippen LogP contribution >= 0.6 is 0 Å². The summed E-state index contributed by atoms with van der Waals surface area (Å²) in [5.74, 6) is 0.918. The SMILES string of the molecule is C1=CC2Oc3c(-c4cccc5c4oc4ccc(-n6c7ccccc7c7cc(N(c8ccccc8)c8ccccc8)ccc76)cc45)cccc3C2C=C1n1c2ccccc2c2cc(N(c3ccccc3)c3ccccc3)ccc21. The summed E-state index contributed by atoms with van der Waals surface area (Å²) < 4.78 is 18.7. The smallest absolute Gasteiger partial charge is 0.143 e. The predicted molar refractivity (Wildman–Crippen MR) is 323 cm³/mol. The molecule has 0 radical (unpaired) electrons. The molecule has 0 amide bonds. The van der Waals surface area contributed by atoms with Crippen molar-refractivity contribution >= 4 is 105 Å². The Morgan fingerprint density at radius 3 is 1.46 bits per heavy atom. The van der Waals surface area contributed by atoms with Gasteiger partial charge in [-0.25, -0.2) is 0 Å². The zero-order valence-corrected chi connectivity index (χ0v) is 42.3. The Kier molecular flexibility index (Phi) is 9.97. The molecule has 1 aliphatic heterocycles. The van der Waals surface area contributed by atoms with Gasteiger partial charge in [0.15, 0.2) is 0 Å². The van der Waals surface area contributed by atoms with Crippen molar-refractivity contribution < 1.29 is 9.15 Å². The van der Waals surface area contributed by atoms with Crippen molar-refractivity contribution in [2.75, 3.05) is 9.80 Å². The van der Waals surface area contributed by atoms with Gasteiger partial charge in [0.2, 0.25) is 0 Å². The summed E-state index contributed by atoms with van der Waals surface area (Å²) in [7, 11) is 0. The van der Waals surface area contributed by atoms with Gasteiger partial charge in [-0.05, 0) is 133 Å². The second-order valence-corrected chi connectivity index (χ2v) is 20.4. The molecule has 4 heterocycles. The molecule has 6 heteroatoms. The van der Waals surface area contributed by atoms with Crippen LogP contribution < -0.4 is 14.5 Å². The Labute approximate surface area is 450 Å². The normalized spacial score (nSPS) is 14.8. The van der Waals surface area contributed by atoms with E-state index in [0.717, 1.165) is 101 Å². The van der Waals surface area contributed by atoms with Gasteiger partial charge in [-0.1, -0.05) is 146 Å². The first-order valence-electron chi connectivity index (χ1n) is 26.7. The van der Waals surface area contributed by atoms with Gasteiger partial charge in [0.05, 0.1) is 22.1 Å². The average molecular weight is 1000 g/mol. The number of hydrogen-bond acceptors (Lipinski definition) is 4. The van der Waals surface area contributed by atoms with Crippen LogP contribution in [0.25, 0.3) is 88.1 Å². The fraction of sp³-hybridized carbons (Fsp3) is 0.0278. The number of aromatic nitrogens is 2. The number of nitrogens with zero attached hydrogens (tertiary/aromatic N) is 4. The monoisotopic (exact) mass is 1000 g/mol. The third kappa shape index (κ3) is 6.90. The predicted octanol–water partition coefficient (Wildman–Crippen LogP) is 19.4. The molecular formula is C72H48N4O2. The Hall–Kier alpha value is -10.3. The summed E-state index contributed by atoms with van der Waals surface area (Å²) in [6.07, 6.45) is 6.74. The number of anilines is 6.